The van der Waals surface area contributed by atoms with Gasteiger partial charge in [-0.15, -0.1) is 0 Å². The van der Waals surface area contributed by atoms with Gasteiger partial charge in [-0.25, -0.2) is 9.59 Å². The summed E-state index contributed by atoms with van der Waals surface area (Å²) in [6.07, 6.45) is 0.683. The van der Waals surface area contributed by atoms with Crippen molar-refractivity contribution in [1.82, 2.24) is 10.2 Å². The van der Waals surface area contributed by atoms with E-state index in [0.29, 0.717) is 23.3 Å². The summed E-state index contributed by atoms with van der Waals surface area (Å²) in [5.41, 5.74) is 1.32. The van der Waals surface area contributed by atoms with Crippen molar-refractivity contribution in [2.45, 2.75) is 26.3 Å². The minimum atomic E-state index is -0.709. The van der Waals surface area contributed by atoms with Crippen LogP contribution in [0, 0.1) is 10.1 Å². The number of urea groups is 1. The molecule has 24 heavy (non-hydrogen) atoms. The van der Waals surface area contributed by atoms with E-state index in [-0.39, 0.29) is 18.3 Å². The Labute approximate surface area is 139 Å². The van der Waals surface area contributed by atoms with E-state index in [0.717, 1.165) is 0 Å². The highest BCUT2D eigenvalue weighted by Gasteiger charge is 2.35. The Kier molecular flexibility index (Phi) is 5.18. The first-order valence-electron chi connectivity index (χ1n) is 7.53. The third-order valence-electron chi connectivity index (χ3n) is 3.85. The van der Waals surface area contributed by atoms with Gasteiger partial charge in [0.15, 0.2) is 0 Å². The number of hydrogen-bond donors (Lipinski definition) is 1. The third kappa shape index (κ3) is 3.37. The van der Waals surface area contributed by atoms with E-state index in [4.69, 9.17) is 4.74 Å². The molecule has 1 aromatic rings. The van der Waals surface area contributed by atoms with Crippen LogP contribution in [0.15, 0.2) is 35.5 Å². The van der Waals surface area contributed by atoms with Gasteiger partial charge in [0, 0.05) is 24.9 Å². The highest BCUT2D eigenvalue weighted by molar-refractivity contribution is 5.95. The first-order chi connectivity index (χ1) is 11.4. The molecule has 2 rings (SSSR count). The number of carbonyl (C=O) groups excluding carboxylic acids is 2. The number of rotatable bonds is 5. The number of esters is 1. The fraction of sp³-hybridized carbons (Fsp3) is 0.375. The maximum Gasteiger partial charge on any atom is 0.338 e. The van der Waals surface area contributed by atoms with Crippen LogP contribution in [0.25, 0.3) is 0 Å². The van der Waals surface area contributed by atoms with Crippen LogP contribution in [0.5, 0.6) is 0 Å². The zero-order valence-corrected chi connectivity index (χ0v) is 13.7. The summed E-state index contributed by atoms with van der Waals surface area (Å²) in [6.45, 7) is 3.83. The topological polar surface area (TPSA) is 102 Å². The lowest BCUT2D eigenvalue weighted by molar-refractivity contribution is -0.384. The number of benzene rings is 1. The Morgan fingerprint density at radius 3 is 2.54 bits per heavy atom. The van der Waals surface area contributed by atoms with Gasteiger partial charge in [-0.05, 0) is 31.0 Å². The third-order valence-corrected chi connectivity index (χ3v) is 3.85. The number of nitro groups is 1. The second-order valence-corrected chi connectivity index (χ2v) is 5.43. The van der Waals surface area contributed by atoms with Crippen LogP contribution in [0.4, 0.5) is 10.5 Å². The predicted molar refractivity (Wildman–Crippen MR) is 86.1 cm³/mol. The van der Waals surface area contributed by atoms with Crippen LogP contribution in [0.2, 0.25) is 0 Å². The summed E-state index contributed by atoms with van der Waals surface area (Å²) in [4.78, 5) is 36.1. The van der Waals surface area contributed by atoms with Crippen molar-refractivity contribution >= 4 is 17.7 Å². The zero-order valence-electron chi connectivity index (χ0n) is 13.7. The first kappa shape index (κ1) is 17.5. The lowest BCUT2D eigenvalue weighted by Crippen LogP contribution is -2.46. The maximum atomic E-state index is 12.4. The molecular formula is C16H19N3O5. The SMILES string of the molecule is CCCOC(=O)C1=C(C)N(C)C(=O)N[C@H]1c1ccc([N+](=O)[O-])cc1. The molecule has 2 amide bonds. The number of ether oxygens (including phenoxy) is 1. The summed E-state index contributed by atoms with van der Waals surface area (Å²) in [5, 5.41) is 13.5. The fourth-order valence-electron chi connectivity index (χ4n) is 2.41. The van der Waals surface area contributed by atoms with Crippen LogP contribution in [0.1, 0.15) is 31.9 Å². The molecule has 0 unspecified atom stereocenters. The standard InChI is InChI=1S/C16H19N3O5/c1-4-9-24-15(20)13-10(2)18(3)16(21)17-14(13)11-5-7-12(8-6-11)19(22)23/h5-8,14H,4,9H2,1-3H3,(H,17,21)/t14-/m0/s1. The van der Waals surface area contributed by atoms with E-state index in [1.54, 1.807) is 14.0 Å². The molecule has 1 aliphatic heterocycles. The van der Waals surface area contributed by atoms with Crippen LogP contribution in [-0.2, 0) is 9.53 Å². The molecule has 1 heterocycles. The van der Waals surface area contributed by atoms with Gasteiger partial charge < -0.3 is 15.0 Å². The number of allylic oxidation sites excluding steroid dienone is 1. The molecular weight excluding hydrogens is 314 g/mol. The molecule has 0 radical (unpaired) electrons. The number of hydrogen-bond acceptors (Lipinski definition) is 5. The molecule has 1 N–H and O–H groups in total. The molecule has 0 saturated heterocycles. The van der Waals surface area contributed by atoms with Crippen molar-refractivity contribution in [2.24, 2.45) is 0 Å². The van der Waals surface area contributed by atoms with Crippen molar-refractivity contribution in [1.29, 1.82) is 0 Å². The summed E-state index contributed by atoms with van der Waals surface area (Å²) in [5.74, 6) is -0.510. The average molecular weight is 333 g/mol. The highest BCUT2D eigenvalue weighted by atomic mass is 16.6. The van der Waals surface area contributed by atoms with Crippen LogP contribution < -0.4 is 5.32 Å². The number of nitro benzene ring substituents is 1. The monoisotopic (exact) mass is 333 g/mol. The Hall–Kier alpha value is -2.90. The van der Waals surface area contributed by atoms with E-state index in [1.165, 1.54) is 29.2 Å². The number of nitrogens with zero attached hydrogens (tertiary/aromatic N) is 2. The Balaban J connectivity index is 2.42. The van der Waals surface area contributed by atoms with Gasteiger partial charge in [0.1, 0.15) is 0 Å². The lowest BCUT2D eigenvalue weighted by atomic mass is 9.95. The Morgan fingerprint density at radius 1 is 1.38 bits per heavy atom. The fourth-order valence-corrected chi connectivity index (χ4v) is 2.41. The van der Waals surface area contributed by atoms with Crippen LogP contribution in [-0.4, -0.2) is 35.5 Å². The van der Waals surface area contributed by atoms with E-state index in [2.05, 4.69) is 5.32 Å². The van der Waals surface area contributed by atoms with Gasteiger partial charge in [0.05, 0.1) is 23.1 Å². The summed E-state index contributed by atoms with van der Waals surface area (Å²) in [7, 11) is 1.56. The van der Waals surface area contributed by atoms with E-state index < -0.39 is 16.9 Å². The quantitative estimate of drug-likeness (QED) is 0.507. The molecule has 0 fully saturated rings. The molecule has 1 aliphatic rings. The molecule has 1 aromatic carbocycles. The molecule has 0 saturated carbocycles. The summed E-state index contributed by atoms with van der Waals surface area (Å²) in [6, 6.07) is 4.65. The molecule has 1 atom stereocenters. The van der Waals surface area contributed by atoms with Crippen molar-refractivity contribution in [3.63, 3.8) is 0 Å². The van der Waals surface area contributed by atoms with Gasteiger partial charge >= 0.3 is 12.0 Å². The largest absolute Gasteiger partial charge is 0.462 e. The van der Waals surface area contributed by atoms with Gasteiger partial charge in [0.25, 0.3) is 5.69 Å². The number of nitrogens with one attached hydrogen (secondary N) is 1. The number of carbonyl (C=O) groups is 2. The normalized spacial score (nSPS) is 17.5. The minimum absolute atomic E-state index is 0.0613. The smallest absolute Gasteiger partial charge is 0.338 e. The van der Waals surface area contributed by atoms with Gasteiger partial charge in [-0.2, -0.15) is 0 Å². The van der Waals surface area contributed by atoms with Crippen LogP contribution in [0.3, 0.4) is 0 Å². The van der Waals surface area contributed by atoms with Crippen molar-refractivity contribution < 1.29 is 19.2 Å². The second kappa shape index (κ2) is 7.12. The Bertz CT molecular complexity index is 696. The molecule has 0 aliphatic carbocycles. The molecule has 8 nitrogen and oxygen atoms in total. The van der Waals surface area contributed by atoms with Crippen molar-refractivity contribution in [2.75, 3.05) is 13.7 Å². The van der Waals surface area contributed by atoms with Crippen LogP contribution >= 0.6 is 0 Å². The highest BCUT2D eigenvalue weighted by Crippen LogP contribution is 2.31. The van der Waals surface area contributed by atoms with Crippen molar-refractivity contribution in [3.8, 4) is 0 Å². The van der Waals surface area contributed by atoms with Gasteiger partial charge in [-0.1, -0.05) is 6.92 Å². The van der Waals surface area contributed by atoms with Gasteiger partial charge in [0.2, 0.25) is 0 Å². The molecule has 0 bridgehead atoms. The number of amides is 2. The first-order valence-corrected chi connectivity index (χ1v) is 7.53. The van der Waals surface area contributed by atoms with E-state index in [1.807, 2.05) is 6.92 Å². The summed E-state index contributed by atoms with van der Waals surface area (Å²) >= 11 is 0. The minimum Gasteiger partial charge on any atom is -0.462 e. The number of non-ortho nitro benzene ring substituents is 1. The van der Waals surface area contributed by atoms with E-state index in [9.17, 15) is 19.7 Å². The zero-order chi connectivity index (χ0) is 17.9. The second-order valence-electron chi connectivity index (χ2n) is 5.43. The van der Waals surface area contributed by atoms with Crippen molar-refractivity contribution in [3.05, 3.63) is 51.2 Å². The predicted octanol–water partition coefficient (Wildman–Crippen LogP) is 2.52. The molecule has 0 aromatic heterocycles. The molecule has 0 spiro atoms. The lowest BCUT2D eigenvalue weighted by Gasteiger charge is -2.33. The maximum absolute atomic E-state index is 12.4. The molecule has 128 valence electrons. The van der Waals surface area contributed by atoms with Gasteiger partial charge in [-0.3, -0.25) is 10.1 Å². The molecule has 8 heteroatoms. The van der Waals surface area contributed by atoms with E-state index >= 15 is 0 Å². The average Bonchev–Trinajstić information content (AvgIpc) is 2.57. The Morgan fingerprint density at radius 2 is 2.00 bits per heavy atom. The summed E-state index contributed by atoms with van der Waals surface area (Å²) < 4.78 is 5.22.